The average Bonchev–Trinajstić information content (AvgIpc) is 3.44. The van der Waals surface area contributed by atoms with Gasteiger partial charge in [-0.3, -0.25) is 4.79 Å². The zero-order valence-electron chi connectivity index (χ0n) is 19.7. The molecule has 0 aliphatic carbocycles. The van der Waals surface area contributed by atoms with Crippen LogP contribution in [0.4, 0.5) is 0 Å². The van der Waals surface area contributed by atoms with E-state index in [1.807, 2.05) is 49.6 Å². The Hall–Kier alpha value is -3.68. The Morgan fingerprint density at radius 1 is 1.06 bits per heavy atom. The van der Waals surface area contributed by atoms with Gasteiger partial charge in [0.25, 0.3) is 5.91 Å². The molecule has 0 saturated heterocycles. The highest BCUT2D eigenvalue weighted by atomic mass is 16.5. The van der Waals surface area contributed by atoms with Crippen LogP contribution in [-0.4, -0.2) is 48.7 Å². The topological polar surface area (TPSA) is 83.1 Å². The third-order valence-corrected chi connectivity index (χ3v) is 5.57. The van der Waals surface area contributed by atoms with Gasteiger partial charge in [0.2, 0.25) is 0 Å². The summed E-state index contributed by atoms with van der Waals surface area (Å²) < 4.78 is 23.3. The molecule has 0 spiro atoms. The van der Waals surface area contributed by atoms with Crippen molar-refractivity contribution in [1.29, 1.82) is 0 Å². The minimum atomic E-state index is -0.524. The number of nitrogens with zero attached hydrogens (tertiary/aromatic N) is 2. The van der Waals surface area contributed by atoms with Crippen LogP contribution >= 0.6 is 0 Å². The molecule has 33 heavy (non-hydrogen) atoms. The number of ether oxygens (including phenoxy) is 3. The first-order valence-electron chi connectivity index (χ1n) is 10.7. The summed E-state index contributed by atoms with van der Waals surface area (Å²) in [6.07, 6.45) is 1.62. The Labute approximate surface area is 193 Å². The van der Waals surface area contributed by atoms with Crippen LogP contribution in [0.15, 0.2) is 47.1 Å². The van der Waals surface area contributed by atoms with Gasteiger partial charge in [-0.25, -0.2) is 4.79 Å². The minimum absolute atomic E-state index is 0.273. The summed E-state index contributed by atoms with van der Waals surface area (Å²) in [7, 11) is 3.14. The third-order valence-electron chi connectivity index (χ3n) is 5.57. The zero-order valence-corrected chi connectivity index (χ0v) is 19.7. The van der Waals surface area contributed by atoms with E-state index in [2.05, 4.69) is 0 Å². The Balaban J connectivity index is 1.63. The van der Waals surface area contributed by atoms with Gasteiger partial charge in [0.05, 0.1) is 32.6 Å². The normalized spacial score (nSPS) is 10.7. The van der Waals surface area contributed by atoms with Crippen molar-refractivity contribution < 1.29 is 28.2 Å². The molecule has 0 fully saturated rings. The van der Waals surface area contributed by atoms with E-state index in [-0.39, 0.29) is 12.5 Å². The highest BCUT2D eigenvalue weighted by Gasteiger charge is 2.20. The Bertz CT molecular complexity index is 1100. The van der Waals surface area contributed by atoms with E-state index in [1.165, 1.54) is 0 Å². The number of benzene rings is 1. The first-order valence-corrected chi connectivity index (χ1v) is 10.7. The highest BCUT2D eigenvalue weighted by Crippen LogP contribution is 2.28. The Morgan fingerprint density at radius 2 is 1.82 bits per heavy atom. The molecule has 176 valence electrons. The van der Waals surface area contributed by atoms with Gasteiger partial charge in [0.15, 0.2) is 18.1 Å². The fourth-order valence-electron chi connectivity index (χ4n) is 3.68. The van der Waals surface area contributed by atoms with Crippen LogP contribution in [0.3, 0.4) is 0 Å². The largest absolute Gasteiger partial charge is 0.493 e. The van der Waals surface area contributed by atoms with Crippen molar-refractivity contribution in [2.45, 2.75) is 33.9 Å². The number of esters is 1. The van der Waals surface area contributed by atoms with Gasteiger partial charge in [0, 0.05) is 24.5 Å². The van der Waals surface area contributed by atoms with Crippen LogP contribution in [0.25, 0.3) is 0 Å². The van der Waals surface area contributed by atoms with Crippen molar-refractivity contribution in [3.05, 3.63) is 70.9 Å². The molecule has 8 nitrogen and oxygen atoms in total. The number of likely N-dealkylation sites (N-methyl/N-ethyl adjacent to an activating group) is 1. The highest BCUT2D eigenvalue weighted by molar-refractivity contribution is 5.92. The maximum Gasteiger partial charge on any atom is 0.340 e. The lowest BCUT2D eigenvalue weighted by Gasteiger charge is -2.21. The summed E-state index contributed by atoms with van der Waals surface area (Å²) >= 11 is 0. The molecule has 3 aromatic rings. The predicted molar refractivity (Wildman–Crippen MR) is 123 cm³/mol. The number of furan rings is 1. The number of methoxy groups -OCH3 is 2. The number of rotatable bonds is 10. The first kappa shape index (κ1) is 24.0. The Morgan fingerprint density at radius 3 is 2.45 bits per heavy atom. The van der Waals surface area contributed by atoms with E-state index in [9.17, 15) is 9.59 Å². The number of carbonyl (C=O) groups excluding carboxylic acids is 2. The molecule has 3 rings (SSSR count). The summed E-state index contributed by atoms with van der Waals surface area (Å²) in [6, 6.07) is 11.0. The van der Waals surface area contributed by atoms with Crippen LogP contribution in [0.5, 0.6) is 11.5 Å². The van der Waals surface area contributed by atoms with Gasteiger partial charge in [0.1, 0.15) is 5.76 Å². The second kappa shape index (κ2) is 10.8. The maximum atomic E-state index is 12.7. The van der Waals surface area contributed by atoms with Gasteiger partial charge >= 0.3 is 5.97 Å². The van der Waals surface area contributed by atoms with Crippen LogP contribution < -0.4 is 9.47 Å². The van der Waals surface area contributed by atoms with Crippen molar-refractivity contribution in [1.82, 2.24) is 9.47 Å². The molecule has 0 aliphatic rings. The van der Waals surface area contributed by atoms with Gasteiger partial charge in [-0.05, 0) is 56.7 Å². The predicted octanol–water partition coefficient (Wildman–Crippen LogP) is 3.97. The standard InChI is InChI=1S/C25H30N2O6/c1-6-26(14-19-9-10-22(30-4)23(13-19)31-5)24(28)16-33-25(29)21-12-17(2)27(18(21)3)15-20-8-7-11-32-20/h7-13H,6,14-16H2,1-5H3. The smallest absolute Gasteiger partial charge is 0.340 e. The molecule has 0 bridgehead atoms. The zero-order chi connectivity index (χ0) is 24.0. The number of hydrogen-bond acceptors (Lipinski definition) is 6. The van der Waals surface area contributed by atoms with Crippen molar-refractivity contribution >= 4 is 11.9 Å². The lowest BCUT2D eigenvalue weighted by atomic mass is 10.2. The lowest BCUT2D eigenvalue weighted by Crippen LogP contribution is -2.34. The lowest BCUT2D eigenvalue weighted by molar-refractivity contribution is -0.134. The van der Waals surface area contributed by atoms with E-state index in [0.717, 1.165) is 22.7 Å². The van der Waals surface area contributed by atoms with Gasteiger partial charge in [-0.15, -0.1) is 0 Å². The SMILES string of the molecule is CCN(Cc1ccc(OC)c(OC)c1)C(=O)COC(=O)c1cc(C)n(Cc2ccco2)c1C. The molecule has 0 radical (unpaired) electrons. The van der Waals surface area contributed by atoms with Crippen LogP contribution in [0.1, 0.15) is 40.0 Å². The van der Waals surface area contributed by atoms with Crippen molar-refractivity contribution in [3.8, 4) is 11.5 Å². The van der Waals surface area contributed by atoms with Gasteiger partial charge < -0.3 is 28.1 Å². The summed E-state index contributed by atoms with van der Waals surface area (Å²) in [5.74, 6) is 1.21. The van der Waals surface area contributed by atoms with Crippen molar-refractivity contribution in [3.63, 3.8) is 0 Å². The molecular weight excluding hydrogens is 424 g/mol. The average molecular weight is 455 g/mol. The monoisotopic (exact) mass is 454 g/mol. The second-order valence-corrected chi connectivity index (χ2v) is 7.62. The number of aryl methyl sites for hydroxylation is 1. The minimum Gasteiger partial charge on any atom is -0.493 e. The molecule has 0 aliphatic heterocycles. The van der Waals surface area contributed by atoms with E-state index in [4.69, 9.17) is 18.6 Å². The summed E-state index contributed by atoms with van der Waals surface area (Å²) in [6.45, 7) is 6.67. The van der Waals surface area contributed by atoms with Crippen molar-refractivity contribution in [2.75, 3.05) is 27.4 Å². The number of carbonyl (C=O) groups is 2. The number of amides is 1. The molecule has 0 unspecified atom stereocenters. The fourth-order valence-corrected chi connectivity index (χ4v) is 3.68. The van der Waals surface area contributed by atoms with Gasteiger partial charge in [-0.2, -0.15) is 0 Å². The maximum absolute atomic E-state index is 12.7. The molecule has 2 aromatic heterocycles. The summed E-state index contributed by atoms with van der Waals surface area (Å²) in [5.41, 5.74) is 3.00. The third kappa shape index (κ3) is 5.58. The summed E-state index contributed by atoms with van der Waals surface area (Å²) in [4.78, 5) is 27.1. The number of aromatic nitrogens is 1. The van der Waals surface area contributed by atoms with Crippen LogP contribution in [-0.2, 0) is 22.6 Å². The molecule has 1 amide bonds. The second-order valence-electron chi connectivity index (χ2n) is 7.62. The van der Waals surface area contributed by atoms with Gasteiger partial charge in [-0.1, -0.05) is 6.07 Å². The first-order chi connectivity index (χ1) is 15.9. The Kier molecular flexibility index (Phi) is 7.82. The molecular formula is C25H30N2O6. The van der Waals surface area contributed by atoms with Crippen LogP contribution in [0, 0.1) is 13.8 Å². The van der Waals surface area contributed by atoms with E-state index in [1.54, 1.807) is 37.5 Å². The van der Waals surface area contributed by atoms with Crippen LogP contribution in [0.2, 0.25) is 0 Å². The molecule has 8 heteroatoms. The molecule has 0 atom stereocenters. The van der Waals surface area contributed by atoms with Crippen molar-refractivity contribution in [2.24, 2.45) is 0 Å². The molecule has 0 saturated carbocycles. The molecule has 0 N–H and O–H groups in total. The fraction of sp³-hybridized carbons (Fsp3) is 0.360. The molecule has 1 aromatic carbocycles. The quantitative estimate of drug-likeness (QED) is 0.431. The van der Waals surface area contributed by atoms with E-state index < -0.39 is 5.97 Å². The summed E-state index contributed by atoms with van der Waals surface area (Å²) in [5, 5.41) is 0. The van der Waals surface area contributed by atoms with E-state index in [0.29, 0.717) is 36.7 Å². The van der Waals surface area contributed by atoms with E-state index >= 15 is 0 Å². The molecule has 2 heterocycles. The number of hydrogen-bond donors (Lipinski definition) is 0.